The zero-order valence-corrected chi connectivity index (χ0v) is 21.5. The molecule has 0 saturated carbocycles. The second kappa shape index (κ2) is 10.7. The van der Waals surface area contributed by atoms with Crippen LogP contribution in [0.15, 0.2) is 77.6 Å². The molecule has 198 valence electrons. The van der Waals surface area contributed by atoms with Crippen molar-refractivity contribution in [3.63, 3.8) is 0 Å². The Morgan fingerprint density at radius 1 is 1.03 bits per heavy atom. The van der Waals surface area contributed by atoms with Crippen LogP contribution in [0.3, 0.4) is 0 Å². The van der Waals surface area contributed by atoms with Crippen molar-refractivity contribution in [2.45, 2.75) is 20.2 Å². The summed E-state index contributed by atoms with van der Waals surface area (Å²) in [6.07, 6.45) is 0.0726. The minimum absolute atomic E-state index is 0.299. The molecule has 0 radical (unpaired) electrons. The molecule has 0 aliphatic rings. The second-order valence-corrected chi connectivity index (χ2v) is 9.18. The van der Waals surface area contributed by atoms with E-state index in [1.807, 2.05) is 50.2 Å². The number of para-hydroxylation sites is 1. The summed E-state index contributed by atoms with van der Waals surface area (Å²) in [4.78, 5) is 21.2. The summed E-state index contributed by atoms with van der Waals surface area (Å²) in [5.74, 6) is -0.299. The van der Waals surface area contributed by atoms with Gasteiger partial charge in [-0.05, 0) is 61.4 Å². The highest BCUT2D eigenvalue weighted by Crippen LogP contribution is 2.28. The van der Waals surface area contributed by atoms with Crippen LogP contribution in [0.1, 0.15) is 16.7 Å². The van der Waals surface area contributed by atoms with Gasteiger partial charge in [-0.2, -0.15) is 0 Å². The topological polar surface area (TPSA) is 93.4 Å². The molecule has 3 aromatic carbocycles. The first-order valence-corrected chi connectivity index (χ1v) is 12.4. The van der Waals surface area contributed by atoms with Crippen LogP contribution in [0, 0.1) is 13.8 Å². The highest BCUT2D eigenvalue weighted by atomic mass is 32.2. The Balaban J connectivity index is 1.27. The first-order valence-electron chi connectivity index (χ1n) is 11.6. The maximum Gasteiger partial charge on any atom is 0.573 e. The van der Waals surface area contributed by atoms with Gasteiger partial charge in [-0.25, -0.2) is 14.2 Å². The van der Waals surface area contributed by atoms with Crippen LogP contribution in [-0.2, 0) is 0 Å². The molecule has 0 unspecified atom stereocenters. The van der Waals surface area contributed by atoms with Crippen molar-refractivity contribution in [3.05, 3.63) is 89.9 Å². The molecule has 39 heavy (non-hydrogen) atoms. The number of nitrogens with zero attached hydrogens (tertiary/aromatic N) is 4. The van der Waals surface area contributed by atoms with Crippen LogP contribution >= 0.6 is 12.1 Å². The van der Waals surface area contributed by atoms with Crippen LogP contribution in [0.25, 0.3) is 27.6 Å². The number of hydrogen-bond donors (Lipinski definition) is 2. The molecular formula is C27H21F3N6O2S. The van der Waals surface area contributed by atoms with Gasteiger partial charge in [-0.15, -0.1) is 13.2 Å². The number of pyridine rings is 1. The molecule has 0 aliphatic carbocycles. The number of carbonyl (C=O) groups excluding carboxylic acids is 1. The lowest BCUT2D eigenvalue weighted by Crippen LogP contribution is -2.23. The van der Waals surface area contributed by atoms with Crippen molar-refractivity contribution >= 4 is 52.0 Å². The number of ether oxygens (including phenoxy) is 1. The molecule has 12 heteroatoms. The summed E-state index contributed by atoms with van der Waals surface area (Å²) >= 11 is 0.893. The fraction of sp³-hybridized carbons (Fsp3) is 0.111. The van der Waals surface area contributed by atoms with Crippen LogP contribution in [0.2, 0.25) is 0 Å². The van der Waals surface area contributed by atoms with Crippen LogP contribution in [0.4, 0.5) is 23.7 Å². The molecule has 5 rings (SSSR count). The largest absolute Gasteiger partial charge is 0.573 e. The number of urea groups is 1. The predicted octanol–water partition coefficient (Wildman–Crippen LogP) is 6.89. The molecular weight excluding hydrogens is 529 g/mol. The summed E-state index contributed by atoms with van der Waals surface area (Å²) in [5.41, 5.74) is 6.11. The van der Waals surface area contributed by atoms with Gasteiger partial charge in [-0.1, -0.05) is 24.3 Å². The molecule has 0 bridgehead atoms. The molecule has 2 N–H and O–H groups in total. The summed E-state index contributed by atoms with van der Waals surface area (Å²) in [5, 5.41) is 3.66. The molecule has 0 atom stereocenters. The number of amides is 2. The van der Waals surface area contributed by atoms with E-state index in [-0.39, 0.29) is 11.8 Å². The van der Waals surface area contributed by atoms with Gasteiger partial charge in [0.05, 0.1) is 23.2 Å². The van der Waals surface area contributed by atoms with Crippen molar-refractivity contribution in [1.82, 2.24) is 19.3 Å². The fourth-order valence-electron chi connectivity index (χ4n) is 4.08. The number of aryl methyl sites for hydroxylation is 2. The quantitative estimate of drug-likeness (QED) is 0.177. The molecule has 8 nitrogen and oxygen atoms in total. The predicted molar refractivity (Wildman–Crippen MR) is 146 cm³/mol. The normalized spacial score (nSPS) is 11.8. The number of alkyl halides is 3. The summed E-state index contributed by atoms with van der Waals surface area (Å²) < 4.78 is 49.8. The first-order chi connectivity index (χ1) is 18.7. The lowest BCUT2D eigenvalue weighted by atomic mass is 10.1. The van der Waals surface area contributed by atoms with Gasteiger partial charge in [0.15, 0.2) is 0 Å². The number of halogens is 3. The van der Waals surface area contributed by atoms with Crippen LogP contribution in [-0.4, -0.2) is 33.1 Å². The van der Waals surface area contributed by atoms with Crippen molar-refractivity contribution in [2.24, 2.45) is 4.40 Å². The van der Waals surface area contributed by atoms with E-state index in [0.717, 1.165) is 45.4 Å². The van der Waals surface area contributed by atoms with Gasteiger partial charge in [0.25, 0.3) is 0 Å². The maximum absolute atomic E-state index is 12.4. The van der Waals surface area contributed by atoms with Gasteiger partial charge in [0.1, 0.15) is 17.6 Å². The number of benzene rings is 3. The Hall–Kier alpha value is -4.58. The number of imidazole rings is 1. The van der Waals surface area contributed by atoms with E-state index in [0.29, 0.717) is 16.7 Å². The van der Waals surface area contributed by atoms with E-state index >= 15 is 0 Å². The third-order valence-corrected chi connectivity index (χ3v) is 6.34. The number of aromatic nitrogens is 3. The molecule has 5 aromatic rings. The number of anilines is 1. The average Bonchev–Trinajstić information content (AvgIpc) is 3.33. The third-order valence-electron chi connectivity index (χ3n) is 5.85. The van der Waals surface area contributed by atoms with Gasteiger partial charge in [0.2, 0.25) is 0 Å². The van der Waals surface area contributed by atoms with Crippen LogP contribution < -0.4 is 14.8 Å². The average molecular weight is 551 g/mol. The maximum atomic E-state index is 12.4. The van der Waals surface area contributed by atoms with Gasteiger partial charge < -0.3 is 10.1 Å². The molecule has 0 fully saturated rings. The minimum Gasteiger partial charge on any atom is -0.406 e. The molecule has 0 spiro atoms. The van der Waals surface area contributed by atoms with E-state index in [9.17, 15) is 18.0 Å². The Morgan fingerprint density at radius 3 is 2.49 bits per heavy atom. The van der Waals surface area contributed by atoms with Crippen LogP contribution in [0.5, 0.6) is 5.75 Å². The van der Waals surface area contributed by atoms with Crippen molar-refractivity contribution in [1.29, 1.82) is 0 Å². The Kier molecular flexibility index (Phi) is 7.11. The molecule has 2 amide bonds. The van der Waals surface area contributed by atoms with Gasteiger partial charge >= 0.3 is 12.4 Å². The number of fused-ring (bicyclic) bond motifs is 3. The highest BCUT2D eigenvalue weighted by molar-refractivity contribution is 7.96. The van der Waals surface area contributed by atoms with E-state index in [1.165, 1.54) is 24.3 Å². The lowest BCUT2D eigenvalue weighted by molar-refractivity contribution is -0.274. The van der Waals surface area contributed by atoms with E-state index in [2.05, 4.69) is 29.1 Å². The Bertz CT molecular complexity index is 1680. The first kappa shape index (κ1) is 26.0. The van der Waals surface area contributed by atoms with Gasteiger partial charge in [-0.3, -0.25) is 14.3 Å². The Morgan fingerprint density at radius 2 is 1.77 bits per heavy atom. The molecule has 0 saturated heterocycles. The number of nitrogens with one attached hydrogen (secondary N) is 2. The van der Waals surface area contributed by atoms with E-state index < -0.39 is 6.36 Å². The Labute approximate surface area is 225 Å². The molecule has 2 aromatic heterocycles. The molecule has 0 aliphatic heterocycles. The molecule has 2 heterocycles. The van der Waals surface area contributed by atoms with Crippen molar-refractivity contribution in [3.8, 4) is 11.4 Å². The second-order valence-electron chi connectivity index (χ2n) is 8.58. The summed E-state index contributed by atoms with van der Waals surface area (Å²) in [7, 11) is 0. The monoisotopic (exact) mass is 550 g/mol. The standard InChI is InChI=1S/C27H21F3N6O2S/c1-16-4-3-5-17(2)23(16)34-26(37)35-39-33-14-18-12-19-6-11-22-25(24(19)31-13-18)32-15-36(22)20-7-9-21(10-8-20)38-27(28,29)30/h3-15H,1-2H3,(H2,34,35,37)/b33-14+. The van der Waals surface area contributed by atoms with Crippen molar-refractivity contribution in [2.75, 3.05) is 5.32 Å². The smallest absolute Gasteiger partial charge is 0.406 e. The van der Waals surface area contributed by atoms with Gasteiger partial charge in [0, 0.05) is 34.7 Å². The number of hydrogen-bond acceptors (Lipinski definition) is 6. The van der Waals surface area contributed by atoms with E-state index in [1.54, 1.807) is 23.3 Å². The zero-order chi connectivity index (χ0) is 27.6. The van der Waals surface area contributed by atoms with Crippen molar-refractivity contribution < 1.29 is 22.7 Å². The number of carbonyl (C=O) groups is 1. The highest BCUT2D eigenvalue weighted by Gasteiger charge is 2.31. The SMILES string of the molecule is Cc1cccc(C)c1NC(=O)NS/N=C/c1cnc2c(ccc3c2ncn3-c2ccc(OC(F)(F)F)cc2)c1. The minimum atomic E-state index is -4.75. The third kappa shape index (κ3) is 5.96. The number of rotatable bonds is 6. The summed E-state index contributed by atoms with van der Waals surface area (Å²) in [6, 6.07) is 16.6. The fourth-order valence-corrected chi connectivity index (χ4v) is 4.44. The van der Waals surface area contributed by atoms with E-state index in [4.69, 9.17) is 0 Å². The zero-order valence-electron chi connectivity index (χ0n) is 20.7. The summed E-state index contributed by atoms with van der Waals surface area (Å²) in [6.45, 7) is 3.85. The lowest BCUT2D eigenvalue weighted by Gasteiger charge is -2.10.